The van der Waals surface area contributed by atoms with Crippen LogP contribution in [0.15, 0.2) is 47.0 Å². The maximum absolute atomic E-state index is 10.2. The Morgan fingerprint density at radius 2 is 1.69 bits per heavy atom. The van der Waals surface area contributed by atoms with Crippen molar-refractivity contribution in [3.8, 4) is 34.3 Å². The van der Waals surface area contributed by atoms with Crippen LogP contribution in [-0.4, -0.2) is 43.0 Å². The Bertz CT molecular complexity index is 1010. The Balaban J connectivity index is 1.59. The van der Waals surface area contributed by atoms with Crippen LogP contribution in [0.25, 0.3) is 11.3 Å². The molecule has 7 nitrogen and oxygen atoms in total. The fourth-order valence-corrected chi connectivity index (χ4v) is 4.30. The minimum absolute atomic E-state index is 0.0190. The zero-order chi connectivity index (χ0) is 22.5. The highest BCUT2D eigenvalue weighted by Gasteiger charge is 2.27. The summed E-state index contributed by atoms with van der Waals surface area (Å²) in [4.78, 5) is 2.41. The summed E-state index contributed by atoms with van der Waals surface area (Å²) in [6, 6.07) is 13.7. The predicted octanol–water partition coefficient (Wildman–Crippen LogP) is 5.19. The van der Waals surface area contributed by atoms with Crippen LogP contribution in [0, 0.1) is 0 Å². The zero-order valence-corrected chi connectivity index (χ0v) is 18.8. The lowest BCUT2D eigenvalue weighted by molar-refractivity contribution is 0.160. The van der Waals surface area contributed by atoms with Crippen LogP contribution in [-0.2, 0) is 6.54 Å². The van der Waals surface area contributed by atoms with Gasteiger partial charge in [0.05, 0.1) is 27.4 Å². The summed E-state index contributed by atoms with van der Waals surface area (Å²) in [5.41, 5.74) is 2.83. The lowest BCUT2D eigenvalue weighted by atomic mass is 10.0. The molecule has 170 valence electrons. The average molecular weight is 439 g/mol. The Kier molecular flexibility index (Phi) is 6.85. The van der Waals surface area contributed by atoms with Crippen molar-refractivity contribution >= 4 is 0 Å². The highest BCUT2D eigenvalue weighted by molar-refractivity contribution is 5.60. The Morgan fingerprint density at radius 3 is 2.34 bits per heavy atom. The van der Waals surface area contributed by atoms with E-state index in [4.69, 9.17) is 18.7 Å². The van der Waals surface area contributed by atoms with Crippen LogP contribution in [0.3, 0.4) is 0 Å². The molecule has 1 saturated heterocycles. The smallest absolute Gasteiger partial charge is 0.200 e. The normalized spacial score (nSPS) is 17.0. The second-order valence-electron chi connectivity index (χ2n) is 8.03. The molecule has 1 atom stereocenters. The first-order chi connectivity index (χ1) is 15.6. The third-order valence-electron chi connectivity index (χ3n) is 6.03. The summed E-state index contributed by atoms with van der Waals surface area (Å²) >= 11 is 0. The van der Waals surface area contributed by atoms with Crippen molar-refractivity contribution in [2.45, 2.75) is 38.3 Å². The summed E-state index contributed by atoms with van der Waals surface area (Å²) < 4.78 is 21.8. The quantitative estimate of drug-likeness (QED) is 0.544. The number of aromatic hydroxyl groups is 1. The highest BCUT2D eigenvalue weighted by Crippen LogP contribution is 2.39. The van der Waals surface area contributed by atoms with E-state index in [0.717, 1.165) is 54.1 Å². The Morgan fingerprint density at radius 1 is 0.969 bits per heavy atom. The number of methoxy groups -OCH3 is 3. The number of hydrogen-bond acceptors (Lipinski definition) is 7. The molecule has 1 aromatic heterocycles. The van der Waals surface area contributed by atoms with E-state index in [1.807, 2.05) is 42.5 Å². The van der Waals surface area contributed by atoms with Crippen molar-refractivity contribution < 1.29 is 23.8 Å². The minimum Gasteiger partial charge on any atom is -0.502 e. The molecule has 0 aliphatic carbocycles. The van der Waals surface area contributed by atoms with Gasteiger partial charge in [-0.3, -0.25) is 4.90 Å². The molecule has 1 aliphatic rings. The van der Waals surface area contributed by atoms with Crippen molar-refractivity contribution in [3.63, 3.8) is 0 Å². The second kappa shape index (κ2) is 9.96. The van der Waals surface area contributed by atoms with Crippen molar-refractivity contribution in [1.82, 2.24) is 10.1 Å². The molecule has 2 heterocycles. The Labute approximate surface area is 188 Å². The molecule has 1 N–H and O–H groups in total. The summed E-state index contributed by atoms with van der Waals surface area (Å²) in [5.74, 6) is 2.52. The number of nitrogens with zero attached hydrogens (tertiary/aromatic N) is 2. The van der Waals surface area contributed by atoms with Crippen LogP contribution >= 0.6 is 0 Å². The van der Waals surface area contributed by atoms with Gasteiger partial charge >= 0.3 is 0 Å². The molecule has 0 saturated carbocycles. The van der Waals surface area contributed by atoms with Gasteiger partial charge in [-0.25, -0.2) is 0 Å². The van der Waals surface area contributed by atoms with Crippen molar-refractivity contribution in [2.24, 2.45) is 0 Å². The molecule has 7 heteroatoms. The van der Waals surface area contributed by atoms with Gasteiger partial charge in [-0.05, 0) is 61.3 Å². The minimum atomic E-state index is 0.0190. The Hall–Kier alpha value is -3.19. The van der Waals surface area contributed by atoms with Gasteiger partial charge in [-0.2, -0.15) is 0 Å². The molecule has 32 heavy (non-hydrogen) atoms. The fourth-order valence-electron chi connectivity index (χ4n) is 4.30. The number of ether oxygens (including phenoxy) is 3. The SMILES string of the molecule is COc1ccc(-c2cc(C3CCCCCN3Cc3cc(OC)c(O)c(OC)c3)on2)cc1. The van der Waals surface area contributed by atoms with Gasteiger partial charge in [0.2, 0.25) is 5.75 Å². The van der Waals surface area contributed by atoms with E-state index in [-0.39, 0.29) is 11.8 Å². The first-order valence-corrected chi connectivity index (χ1v) is 10.9. The molecule has 4 rings (SSSR count). The van der Waals surface area contributed by atoms with E-state index in [1.165, 1.54) is 6.42 Å². The van der Waals surface area contributed by atoms with Gasteiger partial charge in [0.1, 0.15) is 11.4 Å². The molecule has 0 spiro atoms. The number of phenolic OH excluding ortho intramolecular Hbond substituents is 1. The van der Waals surface area contributed by atoms with E-state index in [9.17, 15) is 5.11 Å². The number of rotatable bonds is 7. The molecule has 1 aliphatic heterocycles. The van der Waals surface area contributed by atoms with Gasteiger partial charge < -0.3 is 23.8 Å². The third kappa shape index (κ3) is 4.67. The first kappa shape index (κ1) is 22.0. The van der Waals surface area contributed by atoms with Crippen LogP contribution in [0.4, 0.5) is 0 Å². The van der Waals surface area contributed by atoms with Gasteiger partial charge in [0.25, 0.3) is 0 Å². The zero-order valence-electron chi connectivity index (χ0n) is 18.8. The molecular formula is C25H30N2O5. The maximum atomic E-state index is 10.2. The molecule has 0 amide bonds. The lowest BCUT2D eigenvalue weighted by Gasteiger charge is -2.28. The molecule has 2 aromatic carbocycles. The van der Waals surface area contributed by atoms with Crippen molar-refractivity contribution in [3.05, 3.63) is 53.8 Å². The summed E-state index contributed by atoms with van der Waals surface area (Å²) in [6.07, 6.45) is 4.46. The summed E-state index contributed by atoms with van der Waals surface area (Å²) in [7, 11) is 4.74. The summed E-state index contributed by atoms with van der Waals surface area (Å²) in [6.45, 7) is 1.64. The molecule has 3 aromatic rings. The van der Waals surface area contributed by atoms with Gasteiger partial charge in [-0.15, -0.1) is 0 Å². The van der Waals surface area contributed by atoms with Gasteiger partial charge in [0, 0.05) is 18.2 Å². The standard InChI is InChI=1S/C25H30N2O5/c1-29-19-10-8-18(9-11-19)20-15-22(32-26-20)21-7-5-4-6-12-27(21)16-17-13-23(30-2)25(28)24(14-17)31-3/h8-11,13-15,21,28H,4-7,12,16H2,1-3H3. The number of benzene rings is 2. The van der Waals surface area contributed by atoms with E-state index in [1.54, 1.807) is 21.3 Å². The molecule has 0 radical (unpaired) electrons. The van der Waals surface area contributed by atoms with Crippen LogP contribution < -0.4 is 14.2 Å². The molecule has 1 fully saturated rings. The maximum Gasteiger partial charge on any atom is 0.200 e. The number of likely N-dealkylation sites (tertiary alicyclic amines) is 1. The van der Waals surface area contributed by atoms with Crippen LogP contribution in [0.1, 0.15) is 43.0 Å². The number of phenols is 1. The first-order valence-electron chi connectivity index (χ1n) is 10.9. The predicted molar refractivity (Wildman–Crippen MR) is 121 cm³/mol. The monoisotopic (exact) mass is 438 g/mol. The van der Waals surface area contributed by atoms with Gasteiger partial charge in [-0.1, -0.05) is 18.0 Å². The van der Waals surface area contributed by atoms with E-state index in [2.05, 4.69) is 10.1 Å². The molecule has 1 unspecified atom stereocenters. The van der Waals surface area contributed by atoms with Crippen molar-refractivity contribution in [1.29, 1.82) is 0 Å². The average Bonchev–Trinajstić information content (AvgIpc) is 3.20. The van der Waals surface area contributed by atoms with Crippen LogP contribution in [0.2, 0.25) is 0 Å². The molecule has 0 bridgehead atoms. The summed E-state index contributed by atoms with van der Waals surface area (Å²) in [5, 5.41) is 14.6. The number of hydrogen-bond donors (Lipinski definition) is 1. The fraction of sp³-hybridized carbons (Fsp3) is 0.400. The lowest BCUT2D eigenvalue weighted by Crippen LogP contribution is -2.28. The topological polar surface area (TPSA) is 77.2 Å². The highest BCUT2D eigenvalue weighted by atomic mass is 16.5. The van der Waals surface area contributed by atoms with E-state index in [0.29, 0.717) is 18.0 Å². The van der Waals surface area contributed by atoms with Gasteiger partial charge in [0.15, 0.2) is 17.3 Å². The third-order valence-corrected chi connectivity index (χ3v) is 6.03. The number of aromatic nitrogens is 1. The van der Waals surface area contributed by atoms with E-state index < -0.39 is 0 Å². The van der Waals surface area contributed by atoms with Crippen molar-refractivity contribution in [2.75, 3.05) is 27.9 Å². The van der Waals surface area contributed by atoms with Crippen LogP contribution in [0.5, 0.6) is 23.0 Å². The second-order valence-corrected chi connectivity index (χ2v) is 8.03. The largest absolute Gasteiger partial charge is 0.502 e. The van der Waals surface area contributed by atoms with E-state index >= 15 is 0 Å². The molecular weight excluding hydrogens is 408 g/mol.